The van der Waals surface area contributed by atoms with Crippen LogP contribution in [0.25, 0.3) is 0 Å². The third-order valence-corrected chi connectivity index (χ3v) is 5.14. The van der Waals surface area contributed by atoms with Gasteiger partial charge in [-0.2, -0.15) is 0 Å². The van der Waals surface area contributed by atoms with Crippen molar-refractivity contribution >= 4 is 23.6 Å². The van der Waals surface area contributed by atoms with E-state index in [-0.39, 0.29) is 17.6 Å². The lowest BCUT2D eigenvalue weighted by Gasteiger charge is -2.26. The third-order valence-electron chi connectivity index (χ3n) is 5.14. The van der Waals surface area contributed by atoms with Gasteiger partial charge in [0.05, 0.1) is 6.42 Å². The van der Waals surface area contributed by atoms with Gasteiger partial charge in [0.15, 0.2) is 6.10 Å². The highest BCUT2D eigenvalue weighted by Crippen LogP contribution is 2.23. The van der Waals surface area contributed by atoms with Crippen LogP contribution in [0.15, 0.2) is 48.5 Å². The van der Waals surface area contributed by atoms with E-state index in [1.165, 1.54) is 6.92 Å². The van der Waals surface area contributed by atoms with Crippen LogP contribution in [-0.4, -0.2) is 41.1 Å². The highest BCUT2D eigenvalue weighted by molar-refractivity contribution is 6.11. The average molecular weight is 407 g/mol. The van der Waals surface area contributed by atoms with Crippen molar-refractivity contribution in [1.29, 1.82) is 0 Å². The van der Waals surface area contributed by atoms with Crippen LogP contribution in [-0.2, 0) is 26.2 Å². The lowest BCUT2D eigenvalue weighted by molar-refractivity contribution is -0.150. The molecule has 1 heterocycles. The summed E-state index contributed by atoms with van der Waals surface area (Å²) in [7, 11) is 0. The lowest BCUT2D eigenvalue weighted by Crippen LogP contribution is -2.46. The molecule has 0 spiro atoms. The Kier molecular flexibility index (Phi) is 5.87. The molecule has 3 rings (SSSR count). The van der Waals surface area contributed by atoms with E-state index >= 15 is 0 Å². The number of fused-ring (bicyclic) bond motifs is 1. The third kappa shape index (κ3) is 4.48. The van der Waals surface area contributed by atoms with E-state index in [9.17, 15) is 19.2 Å². The zero-order valence-electron chi connectivity index (χ0n) is 17.6. The number of rotatable bonds is 5. The number of benzene rings is 2. The Morgan fingerprint density at radius 1 is 1.03 bits per heavy atom. The summed E-state index contributed by atoms with van der Waals surface area (Å²) < 4.78 is 5.22. The normalized spacial score (nSPS) is 14.9. The molecule has 1 aliphatic heterocycles. The molecule has 2 aromatic rings. The molecule has 30 heavy (non-hydrogen) atoms. The van der Waals surface area contributed by atoms with Crippen molar-refractivity contribution < 1.29 is 23.9 Å². The summed E-state index contributed by atoms with van der Waals surface area (Å²) in [5, 5.41) is 0. The van der Waals surface area contributed by atoms with E-state index in [2.05, 4.69) is 20.8 Å². The van der Waals surface area contributed by atoms with Gasteiger partial charge in [-0.3, -0.25) is 24.1 Å². The maximum atomic E-state index is 12.6. The summed E-state index contributed by atoms with van der Waals surface area (Å²) in [6, 6.07) is 14.0. The van der Waals surface area contributed by atoms with Crippen LogP contribution in [0.4, 0.5) is 0 Å². The Morgan fingerprint density at radius 3 is 2.30 bits per heavy atom. The van der Waals surface area contributed by atoms with Gasteiger partial charge in [0.2, 0.25) is 11.7 Å². The minimum absolute atomic E-state index is 0.0359. The van der Waals surface area contributed by atoms with Crippen LogP contribution in [0.1, 0.15) is 59.5 Å². The highest BCUT2D eigenvalue weighted by atomic mass is 16.5. The van der Waals surface area contributed by atoms with E-state index < -0.39 is 30.4 Å². The molecule has 0 unspecified atom stereocenters. The summed E-state index contributed by atoms with van der Waals surface area (Å²) in [5.41, 5.74) is 2.52. The number of carbonyl (C=O) groups is 4. The second-order valence-electron chi connectivity index (χ2n) is 8.44. The Labute approximate surface area is 175 Å². The van der Waals surface area contributed by atoms with Crippen molar-refractivity contribution in [3.63, 3.8) is 0 Å². The number of ether oxygens (including phenoxy) is 1. The van der Waals surface area contributed by atoms with Gasteiger partial charge in [-0.1, -0.05) is 63.2 Å². The SMILES string of the molecule is C[C@@H](OC(=O)CN1C(=O)Cc2ccccc2C1=O)C(=O)c1ccc(C(C)(C)C)cc1. The van der Waals surface area contributed by atoms with Crippen molar-refractivity contribution in [3.05, 3.63) is 70.8 Å². The summed E-state index contributed by atoms with van der Waals surface area (Å²) in [6.07, 6.45) is -0.982. The molecule has 0 aromatic heterocycles. The molecule has 0 N–H and O–H groups in total. The molecule has 1 aliphatic rings. The first kappa shape index (κ1) is 21.4. The van der Waals surface area contributed by atoms with E-state index in [1.54, 1.807) is 36.4 Å². The van der Waals surface area contributed by atoms with Gasteiger partial charge in [0, 0.05) is 11.1 Å². The fourth-order valence-electron chi connectivity index (χ4n) is 3.35. The van der Waals surface area contributed by atoms with Crippen LogP contribution in [0.2, 0.25) is 0 Å². The van der Waals surface area contributed by atoms with E-state index in [0.717, 1.165) is 10.5 Å². The number of imide groups is 1. The quantitative estimate of drug-likeness (QED) is 0.431. The number of ketones is 1. The monoisotopic (exact) mass is 407 g/mol. The Bertz CT molecular complexity index is 1000. The van der Waals surface area contributed by atoms with Gasteiger partial charge < -0.3 is 4.74 Å². The Morgan fingerprint density at radius 2 is 1.67 bits per heavy atom. The van der Waals surface area contributed by atoms with Gasteiger partial charge in [-0.15, -0.1) is 0 Å². The molecule has 0 saturated heterocycles. The summed E-state index contributed by atoms with van der Waals surface area (Å²) in [6.45, 7) is 7.20. The second-order valence-corrected chi connectivity index (χ2v) is 8.44. The maximum absolute atomic E-state index is 12.6. The molecule has 6 nitrogen and oxygen atoms in total. The average Bonchev–Trinajstić information content (AvgIpc) is 2.70. The number of hydrogen-bond donors (Lipinski definition) is 0. The van der Waals surface area contributed by atoms with Gasteiger partial charge in [0.1, 0.15) is 6.54 Å². The molecular weight excluding hydrogens is 382 g/mol. The molecule has 156 valence electrons. The molecule has 0 fully saturated rings. The van der Waals surface area contributed by atoms with Crippen LogP contribution in [0, 0.1) is 0 Å². The molecule has 0 aliphatic carbocycles. The largest absolute Gasteiger partial charge is 0.453 e. The van der Waals surface area contributed by atoms with Crippen molar-refractivity contribution in [2.45, 2.75) is 45.6 Å². The number of nitrogens with zero attached hydrogens (tertiary/aromatic N) is 1. The number of hydrogen-bond acceptors (Lipinski definition) is 5. The number of carbonyl (C=O) groups excluding carboxylic acids is 4. The van der Waals surface area contributed by atoms with Gasteiger partial charge in [0.25, 0.3) is 5.91 Å². The topological polar surface area (TPSA) is 80.8 Å². The zero-order chi connectivity index (χ0) is 22.1. The molecule has 0 radical (unpaired) electrons. The minimum Gasteiger partial charge on any atom is -0.453 e. The number of Topliss-reactive ketones (excluding diaryl/α,β-unsaturated/α-hetero) is 1. The predicted molar refractivity (Wildman–Crippen MR) is 111 cm³/mol. The maximum Gasteiger partial charge on any atom is 0.326 e. The first-order valence-corrected chi connectivity index (χ1v) is 9.85. The van der Waals surface area contributed by atoms with Crippen molar-refractivity contribution in [1.82, 2.24) is 4.90 Å². The van der Waals surface area contributed by atoms with Gasteiger partial charge >= 0.3 is 5.97 Å². The van der Waals surface area contributed by atoms with Crippen LogP contribution >= 0.6 is 0 Å². The predicted octanol–water partition coefficient (Wildman–Crippen LogP) is 3.32. The smallest absolute Gasteiger partial charge is 0.326 e. The van der Waals surface area contributed by atoms with E-state index in [0.29, 0.717) is 16.7 Å². The van der Waals surface area contributed by atoms with Crippen LogP contribution in [0.5, 0.6) is 0 Å². The summed E-state index contributed by atoms with van der Waals surface area (Å²) in [4.78, 5) is 50.6. The molecule has 2 aromatic carbocycles. The molecule has 2 amide bonds. The molecule has 0 saturated carbocycles. The standard InChI is InChI=1S/C24H25NO5/c1-15(22(28)16-9-11-18(12-10-16)24(2,3)4)30-21(27)14-25-20(26)13-17-7-5-6-8-19(17)23(25)29/h5-12,15H,13-14H2,1-4H3/t15-/m1/s1. The lowest BCUT2D eigenvalue weighted by atomic mass is 9.86. The number of amides is 2. The fraction of sp³-hybridized carbons (Fsp3) is 0.333. The minimum atomic E-state index is -1.03. The Balaban J connectivity index is 1.64. The molecular formula is C24H25NO5. The highest BCUT2D eigenvalue weighted by Gasteiger charge is 2.33. The fourth-order valence-corrected chi connectivity index (χ4v) is 3.35. The van der Waals surface area contributed by atoms with Crippen LogP contribution in [0.3, 0.4) is 0 Å². The molecule has 0 bridgehead atoms. The van der Waals surface area contributed by atoms with Crippen molar-refractivity contribution in [2.75, 3.05) is 6.54 Å². The Hall–Kier alpha value is -3.28. The summed E-state index contributed by atoms with van der Waals surface area (Å²) in [5.74, 6) is -2.14. The first-order chi connectivity index (χ1) is 14.1. The second kappa shape index (κ2) is 8.22. The van der Waals surface area contributed by atoms with E-state index in [1.807, 2.05) is 12.1 Å². The van der Waals surface area contributed by atoms with Crippen molar-refractivity contribution in [3.8, 4) is 0 Å². The molecule has 6 heteroatoms. The van der Waals surface area contributed by atoms with Gasteiger partial charge in [-0.05, 0) is 29.5 Å². The molecule has 1 atom stereocenters. The van der Waals surface area contributed by atoms with Crippen LogP contribution < -0.4 is 0 Å². The van der Waals surface area contributed by atoms with Gasteiger partial charge in [-0.25, -0.2) is 0 Å². The van der Waals surface area contributed by atoms with Crippen molar-refractivity contribution in [2.24, 2.45) is 0 Å². The zero-order valence-corrected chi connectivity index (χ0v) is 17.6. The first-order valence-electron chi connectivity index (χ1n) is 9.85. The van der Waals surface area contributed by atoms with E-state index in [4.69, 9.17) is 4.74 Å². The number of esters is 1. The summed E-state index contributed by atoms with van der Waals surface area (Å²) >= 11 is 0.